The maximum Gasteiger partial charge on any atom is 0.451 e. The number of carbonyl (C=O) groups is 1. The second-order valence-corrected chi connectivity index (χ2v) is 7.37. The molecule has 0 spiro atoms. The SMILES string of the molecule is CCN(C(=O)[C@@H](C)Sc1nc(C(F)(F)F)nc2ccccc12)c1ccccc1. The van der Waals surface area contributed by atoms with Crippen molar-refractivity contribution >= 4 is 34.3 Å². The van der Waals surface area contributed by atoms with Crippen LogP contribution in [0.2, 0.25) is 0 Å². The molecule has 0 aliphatic heterocycles. The molecule has 4 nitrogen and oxygen atoms in total. The lowest BCUT2D eigenvalue weighted by atomic mass is 10.2. The summed E-state index contributed by atoms with van der Waals surface area (Å²) in [5.41, 5.74) is 0.938. The van der Waals surface area contributed by atoms with Crippen molar-refractivity contribution in [2.24, 2.45) is 0 Å². The number of para-hydroxylation sites is 2. The largest absolute Gasteiger partial charge is 0.451 e. The van der Waals surface area contributed by atoms with Crippen molar-refractivity contribution < 1.29 is 18.0 Å². The fourth-order valence-electron chi connectivity index (χ4n) is 2.77. The molecule has 8 heteroatoms. The highest BCUT2D eigenvalue weighted by Gasteiger charge is 2.36. The predicted molar refractivity (Wildman–Crippen MR) is 104 cm³/mol. The van der Waals surface area contributed by atoms with Crippen LogP contribution in [0.1, 0.15) is 19.7 Å². The van der Waals surface area contributed by atoms with Gasteiger partial charge in [0.1, 0.15) is 5.03 Å². The van der Waals surface area contributed by atoms with Gasteiger partial charge in [-0.05, 0) is 32.0 Å². The zero-order chi connectivity index (χ0) is 20.3. The van der Waals surface area contributed by atoms with Crippen LogP contribution in [-0.4, -0.2) is 27.7 Å². The number of benzene rings is 2. The van der Waals surface area contributed by atoms with Crippen LogP contribution in [0, 0.1) is 0 Å². The summed E-state index contributed by atoms with van der Waals surface area (Å²) in [6.45, 7) is 3.97. The summed E-state index contributed by atoms with van der Waals surface area (Å²) in [5.74, 6) is -1.40. The zero-order valence-electron chi connectivity index (χ0n) is 15.3. The highest BCUT2D eigenvalue weighted by molar-refractivity contribution is 8.00. The van der Waals surface area contributed by atoms with E-state index in [0.29, 0.717) is 11.9 Å². The second-order valence-electron chi connectivity index (χ2n) is 6.05. The number of rotatable bonds is 5. The van der Waals surface area contributed by atoms with Crippen LogP contribution in [0.15, 0.2) is 59.6 Å². The minimum absolute atomic E-state index is 0.142. The molecule has 1 amide bonds. The van der Waals surface area contributed by atoms with E-state index in [0.717, 1.165) is 17.4 Å². The van der Waals surface area contributed by atoms with Crippen molar-refractivity contribution in [1.29, 1.82) is 0 Å². The Labute approximate surface area is 164 Å². The molecule has 0 aliphatic rings. The molecule has 0 fully saturated rings. The molecular weight excluding hydrogens is 387 g/mol. The van der Waals surface area contributed by atoms with Gasteiger partial charge >= 0.3 is 6.18 Å². The summed E-state index contributed by atoms with van der Waals surface area (Å²) in [6.07, 6.45) is -4.66. The first-order valence-electron chi connectivity index (χ1n) is 8.68. The topological polar surface area (TPSA) is 46.1 Å². The number of hydrogen-bond acceptors (Lipinski definition) is 4. The Balaban J connectivity index is 1.94. The number of thioether (sulfide) groups is 1. The Hall–Kier alpha value is -2.61. The van der Waals surface area contributed by atoms with E-state index >= 15 is 0 Å². The first-order chi connectivity index (χ1) is 13.3. The molecule has 0 N–H and O–H groups in total. The average Bonchev–Trinajstić information content (AvgIpc) is 2.68. The third-order valence-corrected chi connectivity index (χ3v) is 5.20. The number of anilines is 1. The molecule has 146 valence electrons. The fourth-order valence-corrected chi connectivity index (χ4v) is 3.78. The molecule has 3 aromatic rings. The Morgan fingerprint density at radius 1 is 1.07 bits per heavy atom. The van der Waals surface area contributed by atoms with Crippen LogP contribution in [0.25, 0.3) is 10.9 Å². The molecule has 0 saturated carbocycles. The monoisotopic (exact) mass is 405 g/mol. The van der Waals surface area contributed by atoms with E-state index in [1.165, 1.54) is 6.07 Å². The standard InChI is InChI=1S/C20H18F3N3OS/c1-3-26(14-9-5-4-6-10-14)18(27)13(2)28-17-15-11-7-8-12-16(15)24-19(25-17)20(21,22)23/h4-13H,3H2,1-2H3/t13-/m1/s1. The van der Waals surface area contributed by atoms with Crippen molar-refractivity contribution in [2.75, 3.05) is 11.4 Å². The number of carbonyl (C=O) groups excluding carboxylic acids is 1. The lowest BCUT2D eigenvalue weighted by molar-refractivity contribution is -0.145. The van der Waals surface area contributed by atoms with E-state index < -0.39 is 17.3 Å². The normalized spacial score (nSPS) is 12.8. The summed E-state index contributed by atoms with van der Waals surface area (Å²) < 4.78 is 39.6. The van der Waals surface area contributed by atoms with Gasteiger partial charge < -0.3 is 4.90 Å². The van der Waals surface area contributed by atoms with Gasteiger partial charge in [-0.15, -0.1) is 0 Å². The lowest BCUT2D eigenvalue weighted by Gasteiger charge is -2.24. The number of alkyl halides is 3. The van der Waals surface area contributed by atoms with Crippen molar-refractivity contribution in [3.8, 4) is 0 Å². The van der Waals surface area contributed by atoms with E-state index in [-0.39, 0.29) is 16.4 Å². The van der Waals surface area contributed by atoms with Crippen LogP contribution >= 0.6 is 11.8 Å². The maximum atomic E-state index is 13.2. The molecule has 0 aliphatic carbocycles. The predicted octanol–water partition coefficient (Wildman–Crippen LogP) is 5.18. The molecule has 1 aromatic heterocycles. The first kappa shape index (κ1) is 20.1. The smallest absolute Gasteiger partial charge is 0.312 e. The van der Waals surface area contributed by atoms with Gasteiger partial charge in [0.15, 0.2) is 0 Å². The highest BCUT2D eigenvalue weighted by Crippen LogP contribution is 2.34. The van der Waals surface area contributed by atoms with Gasteiger partial charge in [0.25, 0.3) is 0 Å². The summed E-state index contributed by atoms with van der Waals surface area (Å²) in [5, 5.41) is 0.00495. The van der Waals surface area contributed by atoms with Crippen molar-refractivity contribution in [3.63, 3.8) is 0 Å². The molecule has 3 rings (SSSR count). The third kappa shape index (κ3) is 4.27. The number of halogens is 3. The Bertz CT molecular complexity index is 979. The molecular formula is C20H18F3N3OS. The molecule has 0 saturated heterocycles. The minimum Gasteiger partial charge on any atom is -0.312 e. The number of fused-ring (bicyclic) bond motifs is 1. The van der Waals surface area contributed by atoms with Crippen LogP contribution in [0.5, 0.6) is 0 Å². The van der Waals surface area contributed by atoms with Crippen LogP contribution in [0.4, 0.5) is 18.9 Å². The minimum atomic E-state index is -4.66. The third-order valence-electron chi connectivity index (χ3n) is 4.11. The van der Waals surface area contributed by atoms with E-state index in [1.807, 2.05) is 37.3 Å². The van der Waals surface area contributed by atoms with Crippen molar-refractivity contribution in [2.45, 2.75) is 30.3 Å². The Kier molecular flexibility index (Phi) is 5.88. The zero-order valence-corrected chi connectivity index (χ0v) is 16.1. The van der Waals surface area contributed by atoms with Crippen molar-refractivity contribution in [1.82, 2.24) is 9.97 Å². The van der Waals surface area contributed by atoms with Gasteiger partial charge in [0.05, 0.1) is 10.8 Å². The number of aromatic nitrogens is 2. The van der Waals surface area contributed by atoms with E-state index in [2.05, 4.69) is 9.97 Å². The number of nitrogens with zero attached hydrogens (tertiary/aromatic N) is 3. The van der Waals surface area contributed by atoms with Gasteiger partial charge in [0, 0.05) is 17.6 Å². The van der Waals surface area contributed by atoms with Gasteiger partial charge in [-0.2, -0.15) is 13.2 Å². The van der Waals surface area contributed by atoms with E-state index in [4.69, 9.17) is 0 Å². The number of amides is 1. The molecule has 28 heavy (non-hydrogen) atoms. The van der Waals surface area contributed by atoms with Gasteiger partial charge in [-0.3, -0.25) is 4.79 Å². The second kappa shape index (κ2) is 8.18. The summed E-state index contributed by atoms with van der Waals surface area (Å²) in [7, 11) is 0. The quantitative estimate of drug-likeness (QED) is 0.433. The molecule has 0 unspecified atom stereocenters. The van der Waals surface area contributed by atoms with E-state index in [9.17, 15) is 18.0 Å². The van der Waals surface area contributed by atoms with Crippen LogP contribution < -0.4 is 4.90 Å². The fraction of sp³-hybridized carbons (Fsp3) is 0.250. The summed E-state index contributed by atoms with van der Waals surface area (Å²) in [4.78, 5) is 21.9. The molecule has 1 heterocycles. The average molecular weight is 405 g/mol. The van der Waals surface area contributed by atoms with Crippen LogP contribution in [0.3, 0.4) is 0 Å². The van der Waals surface area contributed by atoms with Crippen LogP contribution in [-0.2, 0) is 11.0 Å². The number of hydrogen-bond donors (Lipinski definition) is 0. The van der Waals surface area contributed by atoms with Gasteiger partial charge in [-0.1, -0.05) is 48.2 Å². The van der Waals surface area contributed by atoms with Crippen molar-refractivity contribution in [3.05, 3.63) is 60.4 Å². The highest BCUT2D eigenvalue weighted by atomic mass is 32.2. The maximum absolute atomic E-state index is 13.2. The Morgan fingerprint density at radius 2 is 1.71 bits per heavy atom. The summed E-state index contributed by atoms with van der Waals surface area (Å²) >= 11 is 1.01. The lowest BCUT2D eigenvalue weighted by Crippen LogP contribution is -2.36. The first-order valence-corrected chi connectivity index (χ1v) is 9.56. The summed E-state index contributed by atoms with van der Waals surface area (Å²) in [6, 6.07) is 15.6. The molecule has 1 atom stereocenters. The van der Waals surface area contributed by atoms with Gasteiger partial charge in [-0.25, -0.2) is 9.97 Å². The molecule has 2 aromatic carbocycles. The van der Waals surface area contributed by atoms with Gasteiger partial charge in [0.2, 0.25) is 11.7 Å². The molecule has 0 bridgehead atoms. The molecule has 0 radical (unpaired) electrons. The Morgan fingerprint density at radius 3 is 2.36 bits per heavy atom. The van der Waals surface area contributed by atoms with E-state index in [1.54, 1.807) is 30.0 Å².